The Balaban J connectivity index is 1.94. The first-order valence-corrected chi connectivity index (χ1v) is 7.48. The van der Waals surface area contributed by atoms with Gasteiger partial charge in [0, 0.05) is 18.8 Å². The second-order valence-corrected chi connectivity index (χ2v) is 5.67. The summed E-state index contributed by atoms with van der Waals surface area (Å²) in [5.74, 6) is 0.494. The fourth-order valence-electron chi connectivity index (χ4n) is 2.57. The number of hydrogen-bond donors (Lipinski definition) is 2. The molecule has 1 heterocycles. The largest absolute Gasteiger partial charge is 0.325 e. The molecular weight excluding hydrogens is 250 g/mol. The highest BCUT2D eigenvalue weighted by atomic mass is 16.2. The van der Waals surface area contributed by atoms with Gasteiger partial charge >= 0.3 is 0 Å². The van der Waals surface area contributed by atoms with E-state index in [0.717, 1.165) is 38.3 Å². The number of anilines is 1. The van der Waals surface area contributed by atoms with Crippen LogP contribution in [0.25, 0.3) is 0 Å². The minimum absolute atomic E-state index is 0.0833. The lowest BCUT2D eigenvalue weighted by Crippen LogP contribution is -2.35. The third-order valence-electron chi connectivity index (χ3n) is 3.66. The number of carbonyl (C=O) groups is 1. The van der Waals surface area contributed by atoms with Crippen LogP contribution in [0.15, 0.2) is 24.3 Å². The molecule has 4 heteroatoms. The molecule has 1 aromatic rings. The highest BCUT2D eigenvalue weighted by molar-refractivity contribution is 5.93. The third-order valence-corrected chi connectivity index (χ3v) is 3.66. The van der Waals surface area contributed by atoms with Crippen molar-refractivity contribution in [2.24, 2.45) is 0 Å². The maximum Gasteiger partial charge on any atom is 0.238 e. The number of nitrogens with zero attached hydrogens (tertiary/aromatic N) is 1. The molecule has 0 bridgehead atoms. The molecule has 1 aromatic carbocycles. The minimum Gasteiger partial charge on any atom is -0.325 e. The normalized spacial score (nSPS) is 16.9. The van der Waals surface area contributed by atoms with Crippen molar-refractivity contribution in [2.75, 3.05) is 38.0 Å². The van der Waals surface area contributed by atoms with Gasteiger partial charge in [0.15, 0.2) is 0 Å². The van der Waals surface area contributed by atoms with Gasteiger partial charge in [-0.05, 0) is 37.1 Å². The maximum absolute atomic E-state index is 12.2. The zero-order chi connectivity index (χ0) is 14.4. The monoisotopic (exact) mass is 275 g/mol. The molecule has 0 unspecified atom stereocenters. The van der Waals surface area contributed by atoms with Gasteiger partial charge < -0.3 is 10.6 Å². The predicted molar refractivity (Wildman–Crippen MR) is 83.1 cm³/mol. The topological polar surface area (TPSA) is 44.4 Å². The molecular formula is C16H25N3O. The van der Waals surface area contributed by atoms with E-state index in [2.05, 4.69) is 35.4 Å². The van der Waals surface area contributed by atoms with Crippen molar-refractivity contribution < 1.29 is 4.79 Å². The van der Waals surface area contributed by atoms with E-state index in [1.54, 1.807) is 0 Å². The number of amides is 1. The van der Waals surface area contributed by atoms with E-state index in [0.29, 0.717) is 12.5 Å². The van der Waals surface area contributed by atoms with Crippen LogP contribution in [-0.4, -0.2) is 43.5 Å². The summed E-state index contributed by atoms with van der Waals surface area (Å²) in [5, 5.41) is 6.41. The Hall–Kier alpha value is -1.39. The number of carbonyl (C=O) groups excluding carboxylic acids is 1. The van der Waals surface area contributed by atoms with Crippen molar-refractivity contribution >= 4 is 11.6 Å². The van der Waals surface area contributed by atoms with Crippen molar-refractivity contribution in [1.29, 1.82) is 0 Å². The van der Waals surface area contributed by atoms with E-state index in [1.165, 1.54) is 5.56 Å². The van der Waals surface area contributed by atoms with Crippen LogP contribution >= 0.6 is 0 Å². The highest BCUT2D eigenvalue weighted by Crippen LogP contribution is 2.23. The molecule has 20 heavy (non-hydrogen) atoms. The number of hydrogen-bond acceptors (Lipinski definition) is 3. The van der Waals surface area contributed by atoms with Gasteiger partial charge in [-0.1, -0.05) is 32.0 Å². The summed E-state index contributed by atoms with van der Waals surface area (Å²) < 4.78 is 0. The second kappa shape index (κ2) is 7.41. The summed E-state index contributed by atoms with van der Waals surface area (Å²) in [6.45, 7) is 8.72. The smallest absolute Gasteiger partial charge is 0.238 e. The van der Waals surface area contributed by atoms with Gasteiger partial charge in [0.1, 0.15) is 0 Å². The predicted octanol–water partition coefficient (Wildman–Crippen LogP) is 2.04. The Labute approximate surface area is 121 Å². The van der Waals surface area contributed by atoms with Crippen molar-refractivity contribution in [2.45, 2.75) is 26.2 Å². The molecule has 0 radical (unpaired) electrons. The van der Waals surface area contributed by atoms with Crippen molar-refractivity contribution in [3.8, 4) is 0 Å². The van der Waals surface area contributed by atoms with Gasteiger partial charge in [-0.2, -0.15) is 0 Å². The van der Waals surface area contributed by atoms with Gasteiger partial charge in [-0.3, -0.25) is 9.69 Å². The summed E-state index contributed by atoms with van der Waals surface area (Å²) in [7, 11) is 0. The Bertz CT molecular complexity index is 437. The molecule has 1 fully saturated rings. The van der Waals surface area contributed by atoms with E-state index in [-0.39, 0.29) is 5.91 Å². The van der Waals surface area contributed by atoms with Crippen LogP contribution < -0.4 is 10.6 Å². The van der Waals surface area contributed by atoms with Crippen molar-refractivity contribution in [3.63, 3.8) is 0 Å². The van der Waals surface area contributed by atoms with E-state index >= 15 is 0 Å². The second-order valence-electron chi connectivity index (χ2n) is 5.67. The Kier molecular flexibility index (Phi) is 5.56. The molecule has 1 aliphatic rings. The molecule has 0 aromatic heterocycles. The van der Waals surface area contributed by atoms with Gasteiger partial charge in [-0.25, -0.2) is 0 Å². The van der Waals surface area contributed by atoms with E-state index in [4.69, 9.17) is 0 Å². The zero-order valence-electron chi connectivity index (χ0n) is 12.5. The van der Waals surface area contributed by atoms with Crippen molar-refractivity contribution in [1.82, 2.24) is 10.2 Å². The molecule has 0 aliphatic carbocycles. The fourth-order valence-corrected chi connectivity index (χ4v) is 2.57. The first-order valence-electron chi connectivity index (χ1n) is 7.48. The molecule has 1 amide bonds. The zero-order valence-corrected chi connectivity index (χ0v) is 12.5. The minimum atomic E-state index is 0.0833. The maximum atomic E-state index is 12.2. The summed E-state index contributed by atoms with van der Waals surface area (Å²) in [6.07, 6.45) is 1.11. The average Bonchev–Trinajstić information content (AvgIpc) is 2.67. The lowest BCUT2D eigenvalue weighted by molar-refractivity contribution is -0.117. The van der Waals surface area contributed by atoms with Crippen LogP contribution in [0.1, 0.15) is 31.7 Å². The van der Waals surface area contributed by atoms with Gasteiger partial charge in [0.05, 0.1) is 6.54 Å². The molecule has 2 N–H and O–H groups in total. The summed E-state index contributed by atoms with van der Waals surface area (Å²) in [6, 6.07) is 8.05. The molecule has 110 valence electrons. The Morgan fingerprint density at radius 1 is 1.30 bits per heavy atom. The number of nitrogens with one attached hydrogen (secondary N) is 2. The molecule has 2 rings (SSSR count). The quantitative estimate of drug-likeness (QED) is 0.884. The van der Waals surface area contributed by atoms with Crippen LogP contribution in [0.5, 0.6) is 0 Å². The Morgan fingerprint density at radius 2 is 2.10 bits per heavy atom. The van der Waals surface area contributed by atoms with Crippen LogP contribution in [0.3, 0.4) is 0 Å². The Morgan fingerprint density at radius 3 is 2.90 bits per heavy atom. The number of rotatable bonds is 4. The highest BCUT2D eigenvalue weighted by Gasteiger charge is 2.14. The SMILES string of the molecule is CC(C)c1ccccc1NC(=O)CN1CCCNCC1. The van der Waals surface area contributed by atoms with E-state index in [1.807, 2.05) is 18.2 Å². The van der Waals surface area contributed by atoms with Gasteiger partial charge in [0.2, 0.25) is 5.91 Å². The molecule has 4 nitrogen and oxygen atoms in total. The number of benzene rings is 1. The first-order chi connectivity index (χ1) is 9.66. The number of para-hydroxylation sites is 1. The standard InChI is InChI=1S/C16H25N3O/c1-13(2)14-6-3-4-7-15(14)18-16(20)12-19-10-5-8-17-9-11-19/h3-4,6-7,13,17H,5,8-12H2,1-2H3,(H,18,20). The van der Waals surface area contributed by atoms with E-state index in [9.17, 15) is 4.79 Å². The van der Waals surface area contributed by atoms with E-state index < -0.39 is 0 Å². The van der Waals surface area contributed by atoms with Gasteiger partial charge in [0.25, 0.3) is 0 Å². The first kappa shape index (κ1) is 15.0. The van der Waals surface area contributed by atoms with Crippen LogP contribution in [0.2, 0.25) is 0 Å². The van der Waals surface area contributed by atoms with Crippen LogP contribution in [0.4, 0.5) is 5.69 Å². The lowest BCUT2D eigenvalue weighted by atomic mass is 10.0. The van der Waals surface area contributed by atoms with Crippen molar-refractivity contribution in [3.05, 3.63) is 29.8 Å². The van der Waals surface area contributed by atoms with Crippen LogP contribution in [-0.2, 0) is 4.79 Å². The van der Waals surface area contributed by atoms with Gasteiger partial charge in [-0.15, -0.1) is 0 Å². The summed E-state index contributed by atoms with van der Waals surface area (Å²) in [4.78, 5) is 14.4. The molecule has 1 saturated heterocycles. The summed E-state index contributed by atoms with van der Waals surface area (Å²) in [5.41, 5.74) is 2.14. The molecule has 0 atom stereocenters. The summed E-state index contributed by atoms with van der Waals surface area (Å²) >= 11 is 0. The lowest BCUT2D eigenvalue weighted by Gasteiger charge is -2.20. The fraction of sp³-hybridized carbons (Fsp3) is 0.562. The molecule has 0 saturated carbocycles. The molecule has 0 spiro atoms. The third kappa shape index (κ3) is 4.32. The average molecular weight is 275 g/mol. The van der Waals surface area contributed by atoms with Crippen LogP contribution in [0, 0.1) is 0 Å². The molecule has 1 aliphatic heterocycles.